The third-order valence-corrected chi connectivity index (χ3v) is 6.24. The summed E-state index contributed by atoms with van der Waals surface area (Å²) in [7, 11) is 4.11. The van der Waals surface area contributed by atoms with E-state index < -0.39 is 0 Å². The minimum atomic E-state index is 0. The van der Waals surface area contributed by atoms with Crippen LogP contribution < -0.4 is 10.6 Å². The zero-order chi connectivity index (χ0) is 20.3. The van der Waals surface area contributed by atoms with E-state index in [0.29, 0.717) is 0 Å². The molecule has 3 rings (SSSR count). The molecule has 0 aromatic heterocycles. The smallest absolute Gasteiger partial charge is 0.191 e. The summed E-state index contributed by atoms with van der Waals surface area (Å²) in [6.45, 7) is 7.46. The number of ether oxygens (including phenoxy) is 1. The van der Waals surface area contributed by atoms with Gasteiger partial charge in [-0.25, -0.2) is 0 Å². The fourth-order valence-corrected chi connectivity index (χ4v) is 4.34. The average Bonchev–Trinajstić information content (AvgIpc) is 2.78. The summed E-state index contributed by atoms with van der Waals surface area (Å²) in [6.07, 6.45) is 6.88. The van der Waals surface area contributed by atoms with Gasteiger partial charge in [0.05, 0.1) is 13.2 Å². The molecular weight excluding hydrogens is 489 g/mol. The summed E-state index contributed by atoms with van der Waals surface area (Å²) in [5.41, 5.74) is 2.72. The van der Waals surface area contributed by atoms with Gasteiger partial charge in [0.25, 0.3) is 0 Å². The van der Waals surface area contributed by atoms with Gasteiger partial charge in [-0.3, -0.25) is 9.89 Å². The van der Waals surface area contributed by atoms with Crippen molar-refractivity contribution in [1.82, 2.24) is 20.4 Å². The molecule has 30 heavy (non-hydrogen) atoms. The molecular formula is C23H40IN5O. The maximum absolute atomic E-state index is 5.47. The highest BCUT2D eigenvalue weighted by molar-refractivity contribution is 14.0. The van der Waals surface area contributed by atoms with E-state index in [4.69, 9.17) is 4.74 Å². The van der Waals surface area contributed by atoms with Crippen LogP contribution in [0.4, 0.5) is 0 Å². The van der Waals surface area contributed by atoms with Crippen molar-refractivity contribution in [3.8, 4) is 0 Å². The van der Waals surface area contributed by atoms with E-state index in [9.17, 15) is 0 Å². The summed E-state index contributed by atoms with van der Waals surface area (Å²) in [6, 6.07) is 9.46. The Morgan fingerprint density at radius 3 is 2.50 bits per heavy atom. The average molecular weight is 530 g/mol. The van der Waals surface area contributed by atoms with E-state index in [0.717, 1.165) is 64.5 Å². The number of rotatable bonds is 8. The molecule has 0 amide bonds. The predicted molar refractivity (Wildman–Crippen MR) is 136 cm³/mol. The molecule has 1 saturated carbocycles. The van der Waals surface area contributed by atoms with Crippen molar-refractivity contribution in [1.29, 1.82) is 0 Å². The summed E-state index contributed by atoms with van der Waals surface area (Å²) in [5, 5.41) is 6.97. The first-order chi connectivity index (χ1) is 14.3. The van der Waals surface area contributed by atoms with Crippen LogP contribution in [0.2, 0.25) is 0 Å². The van der Waals surface area contributed by atoms with E-state index in [-0.39, 0.29) is 24.0 Å². The Kier molecular flexibility index (Phi) is 12.0. The quantitative estimate of drug-likeness (QED) is 0.308. The van der Waals surface area contributed by atoms with Gasteiger partial charge in [0.1, 0.15) is 0 Å². The highest BCUT2D eigenvalue weighted by atomic mass is 127. The van der Waals surface area contributed by atoms with Crippen LogP contribution in [0.1, 0.15) is 43.2 Å². The molecule has 6 nitrogen and oxygen atoms in total. The fraction of sp³-hybridized carbons (Fsp3) is 0.696. The summed E-state index contributed by atoms with van der Waals surface area (Å²) in [5.74, 6) is 0.878. The lowest BCUT2D eigenvalue weighted by molar-refractivity contribution is 0.0341. The lowest BCUT2D eigenvalue weighted by atomic mass is 9.94. The first-order valence-corrected chi connectivity index (χ1v) is 11.3. The largest absolute Gasteiger partial charge is 0.379 e. The van der Waals surface area contributed by atoms with E-state index in [1.807, 2.05) is 7.05 Å². The number of halogens is 1. The topological polar surface area (TPSA) is 52.1 Å². The van der Waals surface area contributed by atoms with E-state index in [1.54, 1.807) is 0 Å². The summed E-state index contributed by atoms with van der Waals surface area (Å²) < 4.78 is 5.47. The third kappa shape index (κ3) is 8.32. The van der Waals surface area contributed by atoms with Gasteiger partial charge in [-0.15, -0.1) is 24.0 Å². The Morgan fingerprint density at radius 2 is 1.80 bits per heavy atom. The van der Waals surface area contributed by atoms with Crippen molar-refractivity contribution in [3.05, 3.63) is 35.4 Å². The van der Waals surface area contributed by atoms with Crippen LogP contribution in [0.3, 0.4) is 0 Å². The molecule has 0 atom stereocenters. The lowest BCUT2D eigenvalue weighted by Gasteiger charge is -2.31. The van der Waals surface area contributed by atoms with Crippen molar-refractivity contribution >= 4 is 29.9 Å². The molecule has 1 aliphatic heterocycles. The van der Waals surface area contributed by atoms with Gasteiger partial charge in [0.15, 0.2) is 5.96 Å². The van der Waals surface area contributed by atoms with Crippen molar-refractivity contribution in [2.45, 2.75) is 51.2 Å². The molecule has 0 spiro atoms. The normalized spacial score (nSPS) is 18.8. The first kappa shape index (κ1) is 25.4. The van der Waals surface area contributed by atoms with Crippen LogP contribution >= 0.6 is 24.0 Å². The number of hydrogen-bond donors (Lipinski definition) is 2. The standard InChI is InChI=1S/C23H39N5O.HI/c1-24-23(25-12-13-27(2)22-10-4-3-5-11-22)26-18-20-8-6-7-9-21(20)19-28-14-16-29-17-15-28;/h6-9,22H,3-5,10-19H2,1-2H3,(H2,24,25,26);1H. The summed E-state index contributed by atoms with van der Waals surface area (Å²) in [4.78, 5) is 9.39. The monoisotopic (exact) mass is 529 g/mol. The number of benzene rings is 1. The molecule has 1 aromatic carbocycles. The zero-order valence-corrected chi connectivity index (χ0v) is 21.1. The lowest BCUT2D eigenvalue weighted by Crippen LogP contribution is -2.43. The van der Waals surface area contributed by atoms with Crippen LogP contribution in [0, 0.1) is 0 Å². The number of guanidine groups is 1. The predicted octanol–water partition coefficient (Wildman–Crippen LogP) is 3.07. The second kappa shape index (κ2) is 14.2. The van der Waals surface area contributed by atoms with Crippen molar-refractivity contribution in [3.63, 3.8) is 0 Å². The molecule has 0 unspecified atom stereocenters. The molecule has 1 aromatic rings. The van der Waals surface area contributed by atoms with E-state index in [2.05, 4.69) is 56.7 Å². The molecule has 2 aliphatic rings. The summed E-state index contributed by atoms with van der Waals surface area (Å²) >= 11 is 0. The van der Waals surface area contributed by atoms with Crippen LogP contribution in [0.5, 0.6) is 0 Å². The SMILES string of the molecule is CN=C(NCCN(C)C1CCCCC1)NCc1ccccc1CN1CCOCC1.I. The Balaban J connectivity index is 0.00000320. The highest BCUT2D eigenvalue weighted by Gasteiger charge is 2.17. The maximum atomic E-state index is 5.47. The zero-order valence-electron chi connectivity index (χ0n) is 18.7. The van der Waals surface area contributed by atoms with Crippen molar-refractivity contribution in [2.24, 2.45) is 4.99 Å². The molecule has 1 saturated heterocycles. The molecule has 2 fully saturated rings. The van der Waals surface area contributed by atoms with E-state index in [1.165, 1.54) is 43.2 Å². The Hall–Kier alpha value is -0.900. The highest BCUT2D eigenvalue weighted by Crippen LogP contribution is 2.21. The molecule has 7 heteroatoms. The van der Waals surface area contributed by atoms with Crippen molar-refractivity contribution < 1.29 is 4.74 Å². The molecule has 2 N–H and O–H groups in total. The minimum absolute atomic E-state index is 0. The second-order valence-corrected chi connectivity index (χ2v) is 8.28. The third-order valence-electron chi connectivity index (χ3n) is 6.24. The van der Waals surface area contributed by atoms with Gasteiger partial charge < -0.3 is 20.3 Å². The number of nitrogens with one attached hydrogen (secondary N) is 2. The number of aliphatic imine (C=N–C) groups is 1. The van der Waals surface area contributed by atoms with Crippen LogP contribution in [-0.4, -0.2) is 75.3 Å². The van der Waals surface area contributed by atoms with Crippen LogP contribution in [0.25, 0.3) is 0 Å². The first-order valence-electron chi connectivity index (χ1n) is 11.3. The molecule has 1 heterocycles. The molecule has 0 radical (unpaired) electrons. The maximum Gasteiger partial charge on any atom is 0.191 e. The molecule has 170 valence electrons. The number of nitrogens with zero attached hydrogens (tertiary/aromatic N) is 3. The van der Waals surface area contributed by atoms with Gasteiger partial charge in [-0.2, -0.15) is 0 Å². The minimum Gasteiger partial charge on any atom is -0.379 e. The van der Waals surface area contributed by atoms with Crippen LogP contribution in [0.15, 0.2) is 29.3 Å². The Morgan fingerprint density at radius 1 is 1.10 bits per heavy atom. The number of hydrogen-bond acceptors (Lipinski definition) is 4. The van der Waals surface area contributed by atoms with Gasteiger partial charge in [-0.1, -0.05) is 43.5 Å². The van der Waals surface area contributed by atoms with Gasteiger partial charge in [0, 0.05) is 52.4 Å². The van der Waals surface area contributed by atoms with Crippen LogP contribution in [-0.2, 0) is 17.8 Å². The number of morpholine rings is 1. The number of likely N-dealkylation sites (N-methyl/N-ethyl adjacent to an activating group) is 1. The van der Waals surface area contributed by atoms with Gasteiger partial charge >= 0.3 is 0 Å². The molecule has 1 aliphatic carbocycles. The van der Waals surface area contributed by atoms with Gasteiger partial charge in [-0.05, 0) is 31.0 Å². The fourth-order valence-electron chi connectivity index (χ4n) is 4.34. The Bertz CT molecular complexity index is 630. The van der Waals surface area contributed by atoms with Crippen molar-refractivity contribution in [2.75, 3.05) is 53.5 Å². The van der Waals surface area contributed by atoms with E-state index >= 15 is 0 Å². The molecule has 0 bridgehead atoms. The second-order valence-electron chi connectivity index (χ2n) is 8.28. The Labute approximate surface area is 199 Å². The van der Waals surface area contributed by atoms with Gasteiger partial charge in [0.2, 0.25) is 0 Å².